The molecular weight excluding hydrogens is 388 g/mol. The Morgan fingerprint density at radius 2 is 1.80 bits per heavy atom. The summed E-state index contributed by atoms with van der Waals surface area (Å²) in [4.78, 5) is 16.3. The quantitative estimate of drug-likeness (QED) is 0.825. The number of piperazine rings is 1. The molecule has 1 aromatic rings. The van der Waals surface area contributed by atoms with Crippen LogP contribution >= 0.6 is 36.4 Å². The van der Waals surface area contributed by atoms with Gasteiger partial charge in [-0.15, -0.1) is 24.8 Å². The zero-order valence-corrected chi connectivity index (χ0v) is 17.2. The van der Waals surface area contributed by atoms with Crippen LogP contribution in [0.4, 0.5) is 4.39 Å². The SMILES string of the molecule is CC(C)(C)[C@H](N)C(=O)N1CCN(Cc2c(F)cccc2Cl)CC1.Cl.Cl. The molecule has 0 unspecified atom stereocenters. The molecule has 1 aromatic carbocycles. The molecule has 1 aliphatic rings. The Morgan fingerprint density at radius 1 is 1.24 bits per heavy atom. The van der Waals surface area contributed by atoms with Gasteiger partial charge in [0.25, 0.3) is 0 Å². The number of amides is 1. The van der Waals surface area contributed by atoms with E-state index in [0.717, 1.165) is 0 Å². The number of hydrogen-bond acceptors (Lipinski definition) is 3. The van der Waals surface area contributed by atoms with Gasteiger partial charge in [0.2, 0.25) is 5.91 Å². The Morgan fingerprint density at radius 3 is 2.28 bits per heavy atom. The molecular formula is C17H27Cl3FN3O. The topological polar surface area (TPSA) is 49.6 Å². The van der Waals surface area contributed by atoms with Crippen LogP contribution in [0.15, 0.2) is 18.2 Å². The van der Waals surface area contributed by atoms with Gasteiger partial charge in [-0.25, -0.2) is 4.39 Å². The van der Waals surface area contributed by atoms with Crippen molar-refractivity contribution < 1.29 is 9.18 Å². The lowest BCUT2D eigenvalue weighted by Crippen LogP contribution is -2.56. The summed E-state index contributed by atoms with van der Waals surface area (Å²) in [6, 6.07) is 4.21. The highest BCUT2D eigenvalue weighted by Crippen LogP contribution is 2.22. The number of rotatable bonds is 3. The highest BCUT2D eigenvalue weighted by molar-refractivity contribution is 6.31. The maximum Gasteiger partial charge on any atom is 0.240 e. The van der Waals surface area contributed by atoms with Crippen LogP contribution in [0, 0.1) is 11.2 Å². The first-order chi connectivity index (χ1) is 10.7. The summed E-state index contributed by atoms with van der Waals surface area (Å²) in [5.41, 5.74) is 6.31. The molecule has 1 saturated heterocycles. The predicted molar refractivity (Wildman–Crippen MR) is 105 cm³/mol. The van der Waals surface area contributed by atoms with Gasteiger partial charge in [-0.3, -0.25) is 9.69 Å². The van der Waals surface area contributed by atoms with Crippen LogP contribution < -0.4 is 5.73 Å². The molecule has 1 atom stereocenters. The molecule has 2 rings (SSSR count). The molecule has 2 N–H and O–H groups in total. The number of nitrogens with zero attached hydrogens (tertiary/aromatic N) is 2. The number of carbonyl (C=O) groups excluding carboxylic acids is 1. The van der Waals surface area contributed by atoms with Crippen LogP contribution in [-0.2, 0) is 11.3 Å². The largest absolute Gasteiger partial charge is 0.339 e. The standard InChI is InChI=1S/C17H25ClFN3O.2ClH/c1-17(2,3)15(20)16(23)22-9-7-21(8-10-22)11-12-13(18)5-4-6-14(12)19;;/h4-6,15H,7-11,20H2,1-3H3;2*1H/t15-;;/m1../s1. The van der Waals surface area contributed by atoms with Gasteiger partial charge in [-0.1, -0.05) is 38.4 Å². The van der Waals surface area contributed by atoms with Crippen molar-refractivity contribution in [3.8, 4) is 0 Å². The second kappa shape index (κ2) is 9.93. The summed E-state index contributed by atoms with van der Waals surface area (Å²) in [5.74, 6) is -0.299. The average molecular weight is 415 g/mol. The van der Waals surface area contributed by atoms with E-state index in [1.165, 1.54) is 6.07 Å². The highest BCUT2D eigenvalue weighted by atomic mass is 35.5. The third kappa shape index (κ3) is 6.26. The number of halogens is 4. The zero-order valence-electron chi connectivity index (χ0n) is 14.8. The van der Waals surface area contributed by atoms with E-state index in [4.69, 9.17) is 17.3 Å². The lowest BCUT2D eigenvalue weighted by atomic mass is 9.86. The average Bonchev–Trinajstić information content (AvgIpc) is 2.49. The van der Waals surface area contributed by atoms with Crippen LogP contribution in [0.3, 0.4) is 0 Å². The summed E-state index contributed by atoms with van der Waals surface area (Å²) in [6.07, 6.45) is 0. The van der Waals surface area contributed by atoms with Gasteiger partial charge in [0.1, 0.15) is 5.82 Å². The van der Waals surface area contributed by atoms with E-state index in [-0.39, 0.29) is 42.0 Å². The van der Waals surface area contributed by atoms with Gasteiger partial charge in [-0.05, 0) is 17.5 Å². The minimum Gasteiger partial charge on any atom is -0.339 e. The molecule has 1 aliphatic heterocycles. The highest BCUT2D eigenvalue weighted by Gasteiger charge is 2.32. The van der Waals surface area contributed by atoms with E-state index in [0.29, 0.717) is 43.3 Å². The van der Waals surface area contributed by atoms with Gasteiger partial charge in [0.05, 0.1) is 6.04 Å². The molecule has 4 nitrogen and oxygen atoms in total. The molecule has 0 spiro atoms. The first-order valence-corrected chi connectivity index (χ1v) is 8.27. The zero-order chi connectivity index (χ0) is 17.2. The number of benzene rings is 1. The van der Waals surface area contributed by atoms with E-state index >= 15 is 0 Å². The van der Waals surface area contributed by atoms with E-state index < -0.39 is 6.04 Å². The summed E-state index contributed by atoms with van der Waals surface area (Å²) >= 11 is 6.07. The lowest BCUT2D eigenvalue weighted by molar-refractivity contribution is -0.136. The lowest BCUT2D eigenvalue weighted by Gasteiger charge is -2.38. The van der Waals surface area contributed by atoms with Crippen molar-refractivity contribution in [3.05, 3.63) is 34.6 Å². The van der Waals surface area contributed by atoms with Gasteiger partial charge < -0.3 is 10.6 Å². The summed E-state index contributed by atoms with van der Waals surface area (Å²) in [7, 11) is 0. The molecule has 1 fully saturated rings. The maximum absolute atomic E-state index is 13.9. The Bertz CT molecular complexity index is 552. The molecule has 0 aromatic heterocycles. The summed E-state index contributed by atoms with van der Waals surface area (Å²) in [5, 5.41) is 0.443. The minimum absolute atomic E-state index is 0. The van der Waals surface area contributed by atoms with E-state index in [1.807, 2.05) is 20.8 Å². The van der Waals surface area contributed by atoms with Crippen molar-refractivity contribution in [2.45, 2.75) is 33.4 Å². The van der Waals surface area contributed by atoms with Gasteiger partial charge in [0, 0.05) is 43.3 Å². The summed E-state index contributed by atoms with van der Waals surface area (Å²) < 4.78 is 13.9. The van der Waals surface area contributed by atoms with Gasteiger partial charge in [-0.2, -0.15) is 0 Å². The van der Waals surface area contributed by atoms with Crippen LogP contribution in [0.25, 0.3) is 0 Å². The number of hydrogen-bond donors (Lipinski definition) is 1. The minimum atomic E-state index is -0.505. The first-order valence-electron chi connectivity index (χ1n) is 7.90. The molecule has 0 aliphatic carbocycles. The van der Waals surface area contributed by atoms with Gasteiger partial charge >= 0.3 is 0 Å². The van der Waals surface area contributed by atoms with Crippen molar-refractivity contribution >= 4 is 42.3 Å². The normalized spacial score (nSPS) is 16.6. The maximum atomic E-state index is 13.9. The fourth-order valence-corrected chi connectivity index (χ4v) is 2.82. The first kappa shape index (κ1) is 24.4. The van der Waals surface area contributed by atoms with E-state index in [9.17, 15) is 9.18 Å². The van der Waals surface area contributed by atoms with Crippen LogP contribution in [0.5, 0.6) is 0 Å². The van der Waals surface area contributed by atoms with Crippen molar-refractivity contribution in [2.24, 2.45) is 11.1 Å². The molecule has 0 radical (unpaired) electrons. The Hall–Kier alpha value is -0.590. The number of nitrogens with two attached hydrogens (primary N) is 1. The molecule has 0 saturated carbocycles. The second-order valence-corrected chi connectivity index (χ2v) is 7.55. The van der Waals surface area contributed by atoms with Crippen LogP contribution in [0.2, 0.25) is 5.02 Å². The smallest absolute Gasteiger partial charge is 0.240 e. The third-order valence-electron chi connectivity index (χ3n) is 4.33. The number of carbonyl (C=O) groups is 1. The molecule has 8 heteroatoms. The van der Waals surface area contributed by atoms with Crippen molar-refractivity contribution in [3.63, 3.8) is 0 Å². The second-order valence-electron chi connectivity index (χ2n) is 7.15. The summed E-state index contributed by atoms with van der Waals surface area (Å²) in [6.45, 7) is 8.94. The Labute approximate surface area is 166 Å². The Balaban J connectivity index is 0.00000288. The molecule has 1 heterocycles. The third-order valence-corrected chi connectivity index (χ3v) is 4.68. The molecule has 0 bridgehead atoms. The molecule has 144 valence electrons. The van der Waals surface area contributed by atoms with Crippen molar-refractivity contribution in [1.82, 2.24) is 9.80 Å². The van der Waals surface area contributed by atoms with Crippen LogP contribution in [0.1, 0.15) is 26.3 Å². The fraction of sp³-hybridized carbons (Fsp3) is 0.588. The predicted octanol–water partition coefficient (Wildman–Crippen LogP) is 3.34. The van der Waals surface area contributed by atoms with Gasteiger partial charge in [0.15, 0.2) is 0 Å². The molecule has 25 heavy (non-hydrogen) atoms. The van der Waals surface area contributed by atoms with E-state index in [1.54, 1.807) is 17.0 Å². The van der Waals surface area contributed by atoms with Crippen molar-refractivity contribution in [2.75, 3.05) is 26.2 Å². The van der Waals surface area contributed by atoms with Crippen LogP contribution in [-0.4, -0.2) is 47.9 Å². The fourth-order valence-electron chi connectivity index (χ4n) is 2.60. The van der Waals surface area contributed by atoms with E-state index in [2.05, 4.69) is 4.90 Å². The van der Waals surface area contributed by atoms with Crippen molar-refractivity contribution in [1.29, 1.82) is 0 Å². The Kier molecular flexibility index (Phi) is 9.69. The molecule has 1 amide bonds. The monoisotopic (exact) mass is 413 g/mol.